The molecule has 1 atom stereocenters. The summed E-state index contributed by atoms with van der Waals surface area (Å²) in [7, 11) is 0. The van der Waals surface area contributed by atoms with Gasteiger partial charge in [-0.15, -0.1) is 0 Å². The van der Waals surface area contributed by atoms with Gasteiger partial charge in [0.05, 0.1) is 0 Å². The predicted molar refractivity (Wildman–Crippen MR) is 83.0 cm³/mol. The van der Waals surface area contributed by atoms with Crippen molar-refractivity contribution in [3.8, 4) is 0 Å². The summed E-state index contributed by atoms with van der Waals surface area (Å²) in [6.07, 6.45) is 7.87. The van der Waals surface area contributed by atoms with Crippen molar-refractivity contribution in [1.82, 2.24) is 9.97 Å². The molecule has 0 aliphatic rings. The zero-order valence-electron chi connectivity index (χ0n) is 12.5. The Morgan fingerprint density at radius 2 is 1.89 bits per heavy atom. The molecule has 0 amide bonds. The molecule has 0 aliphatic carbocycles. The van der Waals surface area contributed by atoms with Crippen LogP contribution < -0.4 is 5.32 Å². The van der Waals surface area contributed by atoms with Gasteiger partial charge in [0.1, 0.15) is 17.3 Å². The average molecular weight is 284 g/mol. The molecule has 0 spiro atoms. The second kappa shape index (κ2) is 8.36. The monoisotopic (exact) mass is 283 g/mol. The van der Waals surface area contributed by atoms with Crippen molar-refractivity contribution in [3.63, 3.8) is 0 Å². The first kappa shape index (κ1) is 16.2. The first-order chi connectivity index (χ1) is 9.06. The van der Waals surface area contributed by atoms with Crippen molar-refractivity contribution in [2.24, 2.45) is 0 Å². The molecule has 1 unspecified atom stereocenters. The highest BCUT2D eigenvalue weighted by atomic mass is 35.5. The van der Waals surface area contributed by atoms with E-state index in [1.165, 1.54) is 38.4 Å². The fourth-order valence-corrected chi connectivity index (χ4v) is 2.53. The van der Waals surface area contributed by atoms with Gasteiger partial charge in [-0.2, -0.15) is 0 Å². The summed E-state index contributed by atoms with van der Waals surface area (Å²) in [4.78, 5) is 8.41. The van der Waals surface area contributed by atoms with Gasteiger partial charge in [0, 0.05) is 11.6 Å². The lowest BCUT2D eigenvalue weighted by Crippen LogP contribution is -2.18. The molecule has 1 aromatic rings. The minimum absolute atomic E-state index is 0.323. The summed E-state index contributed by atoms with van der Waals surface area (Å²) in [5.74, 6) is 1.21. The molecule has 3 nitrogen and oxygen atoms in total. The number of nitrogens with zero attached hydrogens (tertiary/aromatic N) is 2. The van der Waals surface area contributed by atoms with Crippen LogP contribution in [0.3, 0.4) is 0 Å². The predicted octanol–water partition coefficient (Wildman–Crippen LogP) is 5.02. The van der Waals surface area contributed by atoms with Gasteiger partial charge in [0.2, 0.25) is 0 Å². The maximum atomic E-state index is 6.16. The van der Waals surface area contributed by atoms with Crippen LogP contribution in [0.25, 0.3) is 0 Å². The van der Waals surface area contributed by atoms with Crippen molar-refractivity contribution in [2.45, 2.75) is 71.8 Å². The number of hydrogen-bond donors (Lipinski definition) is 1. The molecule has 0 bridgehead atoms. The Kier molecular flexibility index (Phi) is 7.14. The minimum atomic E-state index is 0.323. The molecule has 1 rings (SSSR count). The molecule has 108 valence electrons. The van der Waals surface area contributed by atoms with Crippen molar-refractivity contribution in [1.29, 1.82) is 0 Å². The van der Waals surface area contributed by atoms with E-state index in [1.807, 2.05) is 0 Å². The van der Waals surface area contributed by atoms with Gasteiger partial charge >= 0.3 is 0 Å². The number of halogens is 1. The van der Waals surface area contributed by atoms with Gasteiger partial charge in [-0.1, -0.05) is 58.1 Å². The quantitative estimate of drug-likeness (QED) is 0.537. The van der Waals surface area contributed by atoms with Gasteiger partial charge in [0.15, 0.2) is 0 Å². The highest BCUT2D eigenvalue weighted by Gasteiger charge is 2.14. The third-order valence-corrected chi connectivity index (χ3v) is 3.59. The summed E-state index contributed by atoms with van der Waals surface area (Å²) < 4.78 is 0. The van der Waals surface area contributed by atoms with Crippen molar-refractivity contribution in [3.05, 3.63) is 17.0 Å². The zero-order chi connectivity index (χ0) is 14.3. The lowest BCUT2D eigenvalue weighted by Gasteiger charge is -2.19. The average Bonchev–Trinajstić information content (AvgIpc) is 2.34. The Labute approximate surface area is 122 Å². The summed E-state index contributed by atoms with van der Waals surface area (Å²) in [5.41, 5.74) is 1.02. The van der Waals surface area contributed by atoms with Crippen LogP contribution in [0.2, 0.25) is 5.15 Å². The van der Waals surface area contributed by atoms with Gasteiger partial charge in [0.25, 0.3) is 0 Å². The number of nitrogens with one attached hydrogen (secondary N) is 1. The third-order valence-electron chi connectivity index (χ3n) is 3.29. The highest BCUT2D eigenvalue weighted by molar-refractivity contribution is 6.30. The Balaban J connectivity index is 2.58. The molecule has 0 saturated carbocycles. The largest absolute Gasteiger partial charge is 0.367 e. The number of anilines is 1. The molecule has 0 aromatic carbocycles. The van der Waals surface area contributed by atoms with Crippen LogP contribution in [0.15, 0.2) is 6.33 Å². The molecular weight excluding hydrogens is 258 g/mol. The van der Waals surface area contributed by atoms with Gasteiger partial charge in [-0.25, -0.2) is 9.97 Å². The number of unbranched alkanes of at least 4 members (excludes halogenated alkanes) is 3. The first-order valence-electron chi connectivity index (χ1n) is 7.33. The van der Waals surface area contributed by atoms with Crippen LogP contribution in [0.4, 0.5) is 5.82 Å². The highest BCUT2D eigenvalue weighted by Crippen LogP contribution is 2.28. The fourth-order valence-electron chi connectivity index (χ4n) is 2.18. The van der Waals surface area contributed by atoms with Gasteiger partial charge < -0.3 is 5.32 Å². The standard InChI is InChI=1S/C15H26ClN3/c1-5-6-7-8-9-12(4)19-15-13(11(2)3)14(16)17-10-18-15/h10-12H,5-9H2,1-4H3,(H,17,18,19). The molecule has 0 aliphatic heterocycles. The van der Waals surface area contributed by atoms with Crippen LogP contribution in [-0.2, 0) is 0 Å². The molecule has 0 fully saturated rings. The van der Waals surface area contributed by atoms with Crippen molar-refractivity contribution in [2.75, 3.05) is 5.32 Å². The van der Waals surface area contributed by atoms with E-state index >= 15 is 0 Å². The number of hydrogen-bond acceptors (Lipinski definition) is 3. The second-order valence-corrected chi connectivity index (χ2v) is 5.83. The molecule has 4 heteroatoms. The molecule has 0 saturated heterocycles. The molecule has 1 aromatic heterocycles. The summed E-state index contributed by atoms with van der Waals surface area (Å²) in [5, 5.41) is 4.03. The Bertz CT molecular complexity index is 380. The van der Waals surface area contributed by atoms with E-state index in [-0.39, 0.29) is 0 Å². The van der Waals surface area contributed by atoms with E-state index in [1.54, 1.807) is 0 Å². The Hall–Kier alpha value is -0.830. The van der Waals surface area contributed by atoms with E-state index in [4.69, 9.17) is 11.6 Å². The van der Waals surface area contributed by atoms with Gasteiger partial charge in [-0.3, -0.25) is 0 Å². The molecule has 19 heavy (non-hydrogen) atoms. The first-order valence-corrected chi connectivity index (χ1v) is 7.71. The molecule has 1 N–H and O–H groups in total. The van der Waals surface area contributed by atoms with Crippen molar-refractivity contribution < 1.29 is 0 Å². The smallest absolute Gasteiger partial charge is 0.138 e. The Morgan fingerprint density at radius 3 is 2.53 bits per heavy atom. The number of rotatable bonds is 8. The van der Waals surface area contributed by atoms with E-state index < -0.39 is 0 Å². The van der Waals surface area contributed by atoms with Gasteiger partial charge in [-0.05, 0) is 19.3 Å². The third kappa shape index (κ3) is 5.35. The van der Waals surface area contributed by atoms with E-state index in [9.17, 15) is 0 Å². The van der Waals surface area contributed by atoms with Crippen LogP contribution >= 0.6 is 11.6 Å². The molecular formula is C15H26ClN3. The maximum Gasteiger partial charge on any atom is 0.138 e. The van der Waals surface area contributed by atoms with Crippen molar-refractivity contribution >= 4 is 17.4 Å². The van der Waals surface area contributed by atoms with Crippen LogP contribution in [0, 0.1) is 0 Å². The van der Waals surface area contributed by atoms with E-state index in [0.717, 1.165) is 11.4 Å². The molecule has 1 heterocycles. The SMILES string of the molecule is CCCCCCC(C)Nc1ncnc(Cl)c1C(C)C. The lowest BCUT2D eigenvalue weighted by molar-refractivity contribution is 0.592. The summed E-state index contributed by atoms with van der Waals surface area (Å²) in [6.45, 7) is 8.66. The van der Waals surface area contributed by atoms with Crippen LogP contribution in [-0.4, -0.2) is 16.0 Å². The van der Waals surface area contributed by atoms with Crippen LogP contribution in [0.1, 0.15) is 71.3 Å². The zero-order valence-corrected chi connectivity index (χ0v) is 13.3. The van der Waals surface area contributed by atoms with E-state index in [2.05, 4.69) is 43.0 Å². The van der Waals surface area contributed by atoms with Crippen LogP contribution in [0.5, 0.6) is 0 Å². The summed E-state index contributed by atoms with van der Waals surface area (Å²) in [6, 6.07) is 0.417. The topological polar surface area (TPSA) is 37.8 Å². The normalized spacial score (nSPS) is 12.7. The van der Waals surface area contributed by atoms with E-state index in [0.29, 0.717) is 17.1 Å². The molecule has 0 radical (unpaired) electrons. The maximum absolute atomic E-state index is 6.16. The second-order valence-electron chi connectivity index (χ2n) is 5.48. The lowest BCUT2D eigenvalue weighted by atomic mass is 10.0. The Morgan fingerprint density at radius 1 is 1.16 bits per heavy atom. The summed E-state index contributed by atoms with van der Waals surface area (Å²) >= 11 is 6.16. The number of aromatic nitrogens is 2. The minimum Gasteiger partial charge on any atom is -0.367 e. The fraction of sp³-hybridized carbons (Fsp3) is 0.733.